The van der Waals surface area contributed by atoms with E-state index in [-0.39, 0.29) is 0 Å². The Labute approximate surface area is 31.0 Å². The fourth-order valence-corrected chi connectivity index (χ4v) is 0.182. The zero-order valence-electron chi connectivity index (χ0n) is 2.72. The van der Waals surface area contributed by atoms with E-state index in [1.807, 2.05) is 0 Å². The molecule has 0 saturated carbocycles. The Morgan fingerprint density at radius 3 is 2.40 bits per heavy atom. The van der Waals surface area contributed by atoms with Crippen LogP contribution in [-0.4, -0.2) is 25.1 Å². The van der Waals surface area contributed by atoms with Gasteiger partial charge in [0.15, 0.2) is 0 Å². The van der Waals surface area contributed by atoms with Crippen molar-refractivity contribution >= 4 is 7.28 Å². The van der Waals surface area contributed by atoms with Crippen LogP contribution in [0.1, 0.15) is 0 Å². The zero-order chi connectivity index (χ0) is 3.70. The van der Waals surface area contributed by atoms with Crippen LogP contribution in [0.3, 0.4) is 0 Å². The second kappa shape index (κ2) is 0.991. The highest BCUT2D eigenvalue weighted by Crippen LogP contribution is 1.92. The SMILES string of the molecule is OC1[B]CO1. The van der Waals surface area contributed by atoms with Crippen molar-refractivity contribution in [3.05, 3.63) is 0 Å². The van der Waals surface area contributed by atoms with Crippen molar-refractivity contribution in [2.45, 2.75) is 6.19 Å². The summed E-state index contributed by atoms with van der Waals surface area (Å²) in [5.41, 5.74) is 0. The third-order valence-electron chi connectivity index (χ3n) is 0.565. The molecule has 1 atom stereocenters. The summed E-state index contributed by atoms with van der Waals surface area (Å²) in [6, 6.07) is 0. The molecule has 1 radical (unpaired) electrons. The monoisotopic (exact) mass is 71.0 g/mol. The molecule has 2 nitrogen and oxygen atoms in total. The summed E-state index contributed by atoms with van der Waals surface area (Å²) in [5, 5.41) is 8.17. The fraction of sp³-hybridized carbons (Fsp3) is 1.00. The molecule has 1 heterocycles. The van der Waals surface area contributed by atoms with Crippen molar-refractivity contribution in [2.75, 3.05) is 6.51 Å². The van der Waals surface area contributed by atoms with Gasteiger partial charge in [-0.15, -0.1) is 0 Å². The maximum atomic E-state index is 8.17. The summed E-state index contributed by atoms with van der Waals surface area (Å²) in [6.07, 6.45) is -0.560. The average molecular weight is 70.9 g/mol. The summed E-state index contributed by atoms with van der Waals surface area (Å²) in [5.74, 6) is 0. The van der Waals surface area contributed by atoms with E-state index >= 15 is 0 Å². The van der Waals surface area contributed by atoms with Crippen LogP contribution in [0.5, 0.6) is 0 Å². The molecule has 0 spiro atoms. The number of rotatable bonds is 0. The Morgan fingerprint density at radius 1 is 2.00 bits per heavy atom. The molecule has 0 amide bonds. The molecule has 1 saturated heterocycles. The van der Waals surface area contributed by atoms with Gasteiger partial charge in [-0.2, -0.15) is 0 Å². The first kappa shape index (κ1) is 3.19. The van der Waals surface area contributed by atoms with Crippen LogP contribution in [0.2, 0.25) is 0 Å². The fourth-order valence-electron chi connectivity index (χ4n) is 0.182. The summed E-state index contributed by atoms with van der Waals surface area (Å²) < 4.78 is 4.43. The first-order valence-electron chi connectivity index (χ1n) is 1.52. The van der Waals surface area contributed by atoms with E-state index in [2.05, 4.69) is 4.74 Å². The van der Waals surface area contributed by atoms with Gasteiger partial charge in [-0.1, -0.05) is 0 Å². The number of ether oxygens (including phenoxy) is 1. The summed E-state index contributed by atoms with van der Waals surface area (Å²) in [7, 11) is 1.68. The summed E-state index contributed by atoms with van der Waals surface area (Å²) in [4.78, 5) is 0. The quantitative estimate of drug-likeness (QED) is 0.369. The van der Waals surface area contributed by atoms with Gasteiger partial charge in [-0.25, -0.2) is 0 Å². The molecule has 0 aliphatic carbocycles. The molecule has 27 valence electrons. The molecular weight excluding hydrogens is 66.8 g/mol. The van der Waals surface area contributed by atoms with Gasteiger partial charge in [-0.05, 0) is 0 Å². The predicted octanol–water partition coefficient (Wildman–Crippen LogP) is -1.05. The Hall–Kier alpha value is -0.0151. The molecule has 1 rings (SSSR count). The lowest BCUT2D eigenvalue weighted by Gasteiger charge is -2.18. The Bertz CT molecular complexity index is 34.6. The van der Waals surface area contributed by atoms with E-state index in [9.17, 15) is 0 Å². The Morgan fingerprint density at radius 2 is 2.40 bits per heavy atom. The molecular formula is C2H4BO2. The second-order valence-corrected chi connectivity index (χ2v) is 0.960. The molecule has 0 aromatic heterocycles. The topological polar surface area (TPSA) is 29.5 Å². The van der Waals surface area contributed by atoms with Crippen molar-refractivity contribution in [1.82, 2.24) is 0 Å². The van der Waals surface area contributed by atoms with Crippen molar-refractivity contribution in [3.8, 4) is 0 Å². The van der Waals surface area contributed by atoms with Gasteiger partial charge in [0.05, 0.1) is 0 Å². The minimum atomic E-state index is -0.560. The van der Waals surface area contributed by atoms with E-state index < -0.39 is 6.19 Å². The van der Waals surface area contributed by atoms with Crippen LogP contribution in [0.4, 0.5) is 0 Å². The average Bonchev–Trinajstić information content (AvgIpc) is 1.30. The van der Waals surface area contributed by atoms with Crippen LogP contribution in [0.15, 0.2) is 0 Å². The third-order valence-corrected chi connectivity index (χ3v) is 0.565. The van der Waals surface area contributed by atoms with Gasteiger partial charge < -0.3 is 9.84 Å². The lowest BCUT2D eigenvalue weighted by Crippen LogP contribution is -2.36. The maximum absolute atomic E-state index is 8.17. The van der Waals surface area contributed by atoms with Gasteiger partial charge in [-0.3, -0.25) is 0 Å². The van der Waals surface area contributed by atoms with Crippen LogP contribution in [-0.2, 0) is 4.74 Å². The van der Waals surface area contributed by atoms with Crippen LogP contribution < -0.4 is 0 Å². The number of aliphatic hydroxyl groups excluding tert-OH is 1. The van der Waals surface area contributed by atoms with E-state index in [0.29, 0.717) is 6.51 Å². The molecule has 1 fully saturated rings. The van der Waals surface area contributed by atoms with Gasteiger partial charge in [0.25, 0.3) is 0 Å². The highest BCUT2D eigenvalue weighted by atomic mass is 16.6. The van der Waals surface area contributed by atoms with Gasteiger partial charge >= 0.3 is 0 Å². The standard InChI is InChI=1S/C2H4BO2/c4-2-3-1-5-2/h2,4H,1H2. The first-order valence-corrected chi connectivity index (χ1v) is 1.52. The van der Waals surface area contributed by atoms with E-state index in [0.717, 1.165) is 0 Å². The molecule has 3 heteroatoms. The highest BCUT2D eigenvalue weighted by Gasteiger charge is 2.14. The minimum Gasteiger partial charge on any atom is -0.377 e. The number of hydrogen-bond acceptors (Lipinski definition) is 2. The lowest BCUT2D eigenvalue weighted by atomic mass is 9.74. The van der Waals surface area contributed by atoms with E-state index in [1.54, 1.807) is 7.28 Å². The van der Waals surface area contributed by atoms with Gasteiger partial charge in [0.2, 0.25) is 7.28 Å². The normalized spacial score (nSPS) is 35.0. The van der Waals surface area contributed by atoms with E-state index in [1.165, 1.54) is 0 Å². The maximum Gasteiger partial charge on any atom is 0.220 e. The van der Waals surface area contributed by atoms with Crippen LogP contribution >= 0.6 is 0 Å². The molecule has 1 aliphatic rings. The second-order valence-electron chi connectivity index (χ2n) is 0.960. The molecule has 1 N–H and O–H groups in total. The minimum absolute atomic E-state index is 0.560. The Kier molecular flexibility index (Phi) is 0.632. The zero-order valence-corrected chi connectivity index (χ0v) is 2.72. The predicted molar refractivity (Wildman–Crippen MR) is 17.7 cm³/mol. The molecule has 5 heavy (non-hydrogen) atoms. The number of hydrogen-bond donors (Lipinski definition) is 1. The summed E-state index contributed by atoms with van der Waals surface area (Å²) >= 11 is 0. The van der Waals surface area contributed by atoms with Crippen LogP contribution in [0.25, 0.3) is 0 Å². The summed E-state index contributed by atoms with van der Waals surface area (Å²) in [6.45, 7) is 0.612. The van der Waals surface area contributed by atoms with Gasteiger partial charge in [0.1, 0.15) is 6.19 Å². The van der Waals surface area contributed by atoms with Crippen molar-refractivity contribution in [3.63, 3.8) is 0 Å². The molecule has 0 aromatic carbocycles. The largest absolute Gasteiger partial charge is 0.377 e. The van der Waals surface area contributed by atoms with Crippen molar-refractivity contribution in [1.29, 1.82) is 0 Å². The van der Waals surface area contributed by atoms with Crippen molar-refractivity contribution < 1.29 is 9.84 Å². The van der Waals surface area contributed by atoms with E-state index in [4.69, 9.17) is 5.11 Å². The molecule has 1 unspecified atom stereocenters. The molecule has 0 bridgehead atoms. The Balaban J connectivity index is 2.08. The highest BCUT2D eigenvalue weighted by molar-refractivity contribution is 6.38. The smallest absolute Gasteiger partial charge is 0.220 e. The first-order chi connectivity index (χ1) is 2.39. The van der Waals surface area contributed by atoms with Crippen molar-refractivity contribution in [2.24, 2.45) is 0 Å². The van der Waals surface area contributed by atoms with Gasteiger partial charge in [0, 0.05) is 6.51 Å². The molecule has 0 aromatic rings. The van der Waals surface area contributed by atoms with Crippen LogP contribution in [0, 0.1) is 0 Å². The number of aliphatic hydroxyl groups is 1. The third kappa shape index (κ3) is 0.438. The molecule has 1 aliphatic heterocycles. The lowest BCUT2D eigenvalue weighted by molar-refractivity contribution is -0.0599.